The van der Waals surface area contributed by atoms with Crippen molar-refractivity contribution in [2.75, 3.05) is 0 Å². The zero-order valence-corrected chi connectivity index (χ0v) is 18.9. The molecular formula is C24H32FN3O2S. The average Bonchev–Trinajstić information content (AvgIpc) is 2.70. The van der Waals surface area contributed by atoms with Crippen molar-refractivity contribution in [2.45, 2.75) is 81.2 Å². The molecule has 0 radical (unpaired) electrons. The molecule has 1 unspecified atom stereocenters. The van der Waals surface area contributed by atoms with Gasteiger partial charge in [0.2, 0.25) is 11.8 Å². The van der Waals surface area contributed by atoms with E-state index in [0.29, 0.717) is 29.4 Å². The maximum atomic E-state index is 14.0. The molecule has 0 aliphatic heterocycles. The molecule has 0 aromatic heterocycles. The highest BCUT2D eigenvalue weighted by atomic mass is 32.2. The standard InChI is InChI=1S/C24H32FN3O2S/c1-15-5-7-19(14-20(15)25)31-28-24(9-3-2-4-10-24)23(30)27-21-8-6-17(22(26)29)11-16-12-18(21)13-16/h5-7,14,16,18,21,28H,2-4,8-13H2,1H3,(H2,26,29)(H,27,30)/b17-6+. The van der Waals surface area contributed by atoms with Crippen LogP contribution in [0.25, 0.3) is 0 Å². The molecule has 4 aliphatic rings. The number of nitrogens with one attached hydrogen (secondary N) is 2. The van der Waals surface area contributed by atoms with Gasteiger partial charge in [-0.15, -0.1) is 0 Å². The lowest BCUT2D eigenvalue weighted by Crippen LogP contribution is -2.59. The van der Waals surface area contributed by atoms with Crippen LogP contribution < -0.4 is 15.8 Å². The topological polar surface area (TPSA) is 84.2 Å². The number of primary amides is 1. The van der Waals surface area contributed by atoms with Gasteiger partial charge >= 0.3 is 0 Å². The summed E-state index contributed by atoms with van der Waals surface area (Å²) in [5, 5.41) is 3.32. The molecule has 2 saturated carbocycles. The molecule has 1 atom stereocenters. The molecule has 0 spiro atoms. The van der Waals surface area contributed by atoms with Gasteiger partial charge in [0, 0.05) is 16.5 Å². The van der Waals surface area contributed by atoms with Crippen molar-refractivity contribution < 1.29 is 14.0 Å². The van der Waals surface area contributed by atoms with Crippen LogP contribution in [0.15, 0.2) is 34.7 Å². The van der Waals surface area contributed by atoms with Gasteiger partial charge < -0.3 is 11.1 Å². The maximum absolute atomic E-state index is 14.0. The highest BCUT2D eigenvalue weighted by Crippen LogP contribution is 2.43. The molecule has 168 valence electrons. The van der Waals surface area contributed by atoms with E-state index >= 15 is 0 Å². The largest absolute Gasteiger partial charge is 0.366 e. The van der Waals surface area contributed by atoms with Crippen LogP contribution in [0.2, 0.25) is 0 Å². The Morgan fingerprint density at radius 2 is 1.94 bits per heavy atom. The Balaban J connectivity index is 1.46. The van der Waals surface area contributed by atoms with E-state index in [-0.39, 0.29) is 23.7 Å². The quantitative estimate of drug-likeness (QED) is 0.575. The second-order valence-electron chi connectivity index (χ2n) is 9.47. The number of carbonyl (C=O) groups is 2. The second kappa shape index (κ2) is 9.33. The first kappa shape index (κ1) is 22.3. The summed E-state index contributed by atoms with van der Waals surface area (Å²) in [7, 11) is 0. The van der Waals surface area contributed by atoms with Crippen LogP contribution in [-0.4, -0.2) is 23.4 Å². The van der Waals surface area contributed by atoms with Gasteiger partial charge in [-0.1, -0.05) is 31.4 Å². The summed E-state index contributed by atoms with van der Waals surface area (Å²) in [5.74, 6) is 0.397. The molecule has 2 bridgehead atoms. The zero-order chi connectivity index (χ0) is 22.0. The number of halogens is 1. The van der Waals surface area contributed by atoms with Gasteiger partial charge in [-0.25, -0.2) is 9.11 Å². The molecule has 1 aromatic carbocycles. The molecule has 1 aromatic rings. The minimum absolute atomic E-state index is 0.0235. The Morgan fingerprint density at radius 3 is 2.61 bits per heavy atom. The number of hydrogen-bond acceptors (Lipinski definition) is 4. The molecule has 4 aliphatic carbocycles. The SMILES string of the molecule is Cc1ccc(SNC2(C(=O)NC3C/C=C(/C(N)=O)CC4CC3C4)CCCCC2)cc1F. The fourth-order valence-electron chi connectivity index (χ4n) is 5.15. The molecule has 7 heteroatoms. The van der Waals surface area contributed by atoms with Crippen LogP contribution >= 0.6 is 11.9 Å². The summed E-state index contributed by atoms with van der Waals surface area (Å²) < 4.78 is 17.4. The average molecular weight is 446 g/mol. The summed E-state index contributed by atoms with van der Waals surface area (Å²) >= 11 is 1.34. The third-order valence-electron chi connectivity index (χ3n) is 7.25. The van der Waals surface area contributed by atoms with Crippen molar-refractivity contribution in [3.63, 3.8) is 0 Å². The van der Waals surface area contributed by atoms with Gasteiger partial charge in [0.05, 0.1) is 0 Å². The summed E-state index contributed by atoms with van der Waals surface area (Å²) in [6, 6.07) is 5.18. The first-order valence-electron chi connectivity index (χ1n) is 11.4. The fourth-order valence-corrected chi connectivity index (χ4v) is 6.06. The first-order valence-corrected chi connectivity index (χ1v) is 12.2. The minimum atomic E-state index is -0.661. The van der Waals surface area contributed by atoms with Gasteiger partial charge in [0.1, 0.15) is 11.4 Å². The fraction of sp³-hybridized carbons (Fsp3) is 0.583. The van der Waals surface area contributed by atoms with Gasteiger partial charge in [-0.05, 0) is 86.9 Å². The van der Waals surface area contributed by atoms with E-state index in [4.69, 9.17) is 5.73 Å². The third kappa shape index (κ3) is 4.98. The second-order valence-corrected chi connectivity index (χ2v) is 10.3. The number of amides is 2. The maximum Gasteiger partial charge on any atom is 0.244 e. The molecule has 31 heavy (non-hydrogen) atoms. The summed E-state index contributed by atoms with van der Waals surface area (Å²) in [6.07, 6.45) is 10.0. The van der Waals surface area contributed by atoms with Crippen LogP contribution in [-0.2, 0) is 9.59 Å². The number of aryl methyl sites for hydroxylation is 1. The molecule has 4 N–H and O–H groups in total. The summed E-state index contributed by atoms with van der Waals surface area (Å²) in [6.45, 7) is 1.74. The van der Waals surface area contributed by atoms with Crippen molar-refractivity contribution in [3.8, 4) is 0 Å². The van der Waals surface area contributed by atoms with Crippen molar-refractivity contribution in [3.05, 3.63) is 41.2 Å². The normalized spacial score (nSPS) is 29.0. The smallest absolute Gasteiger partial charge is 0.244 e. The van der Waals surface area contributed by atoms with E-state index in [1.165, 1.54) is 18.0 Å². The highest BCUT2D eigenvalue weighted by Gasteiger charge is 2.43. The molecule has 0 saturated heterocycles. The van der Waals surface area contributed by atoms with Crippen molar-refractivity contribution >= 4 is 23.8 Å². The van der Waals surface area contributed by atoms with Crippen LogP contribution in [0.5, 0.6) is 0 Å². The van der Waals surface area contributed by atoms with Crippen LogP contribution in [0.3, 0.4) is 0 Å². The minimum Gasteiger partial charge on any atom is -0.366 e. The van der Waals surface area contributed by atoms with E-state index in [1.54, 1.807) is 13.0 Å². The monoisotopic (exact) mass is 445 g/mol. The summed E-state index contributed by atoms with van der Waals surface area (Å²) in [5.41, 5.74) is 6.18. The van der Waals surface area contributed by atoms with Crippen LogP contribution in [0.1, 0.15) is 63.4 Å². The first-order chi connectivity index (χ1) is 14.9. The Bertz CT molecular complexity index is 876. The van der Waals surface area contributed by atoms with Crippen LogP contribution in [0, 0.1) is 24.6 Å². The molecule has 0 heterocycles. The Hall–Kier alpha value is -1.86. The van der Waals surface area contributed by atoms with Crippen LogP contribution in [0.4, 0.5) is 4.39 Å². The van der Waals surface area contributed by atoms with Gasteiger partial charge in [-0.2, -0.15) is 0 Å². The molecule has 5 rings (SSSR count). The lowest BCUT2D eigenvalue weighted by Gasteiger charge is -2.44. The number of rotatable bonds is 6. The van der Waals surface area contributed by atoms with Crippen molar-refractivity contribution in [1.29, 1.82) is 0 Å². The van der Waals surface area contributed by atoms with E-state index in [0.717, 1.165) is 56.3 Å². The van der Waals surface area contributed by atoms with Crippen molar-refractivity contribution in [2.24, 2.45) is 17.6 Å². The van der Waals surface area contributed by atoms with E-state index in [2.05, 4.69) is 10.0 Å². The van der Waals surface area contributed by atoms with E-state index in [9.17, 15) is 14.0 Å². The lowest BCUT2D eigenvalue weighted by molar-refractivity contribution is -0.129. The molecule has 2 amide bonds. The highest BCUT2D eigenvalue weighted by molar-refractivity contribution is 7.97. The lowest BCUT2D eigenvalue weighted by atomic mass is 9.66. The Kier molecular flexibility index (Phi) is 6.72. The number of nitrogens with two attached hydrogens (primary N) is 1. The molecule has 2 fully saturated rings. The summed E-state index contributed by atoms with van der Waals surface area (Å²) in [4.78, 5) is 26.0. The Labute approximate surface area is 187 Å². The predicted molar refractivity (Wildman–Crippen MR) is 121 cm³/mol. The molecular weight excluding hydrogens is 413 g/mol. The number of hydrogen-bond donors (Lipinski definition) is 3. The molecule has 5 nitrogen and oxygen atoms in total. The number of fused-ring (bicyclic) bond motifs is 3. The zero-order valence-electron chi connectivity index (χ0n) is 18.1. The van der Waals surface area contributed by atoms with Gasteiger partial charge in [-0.3, -0.25) is 9.59 Å². The van der Waals surface area contributed by atoms with Gasteiger partial charge in [0.15, 0.2) is 0 Å². The van der Waals surface area contributed by atoms with E-state index in [1.807, 2.05) is 12.1 Å². The Morgan fingerprint density at radius 1 is 1.19 bits per heavy atom. The van der Waals surface area contributed by atoms with Gasteiger partial charge in [0.25, 0.3) is 0 Å². The predicted octanol–water partition coefficient (Wildman–Crippen LogP) is 4.15. The van der Waals surface area contributed by atoms with Crippen molar-refractivity contribution in [1.82, 2.24) is 10.0 Å². The number of carbonyl (C=O) groups excluding carboxylic acids is 2. The number of benzene rings is 1. The van der Waals surface area contributed by atoms with E-state index < -0.39 is 5.54 Å². The third-order valence-corrected chi connectivity index (χ3v) is 8.23.